The molecule has 0 saturated heterocycles. The van der Waals surface area contributed by atoms with Gasteiger partial charge in [0.15, 0.2) is 0 Å². The van der Waals surface area contributed by atoms with Crippen LogP contribution in [0.3, 0.4) is 0 Å². The standard InChI is InChI=1S/C18H24ClNO4S/c1-4-24-14-9-18(16(22)23,17(14,2)3)20-15(21)11-25-10-12-6-5-7-13(19)8-12/h5-8,14H,4,9-11H2,1-3H3,(H,20,21)(H,22,23). The first-order valence-corrected chi connectivity index (χ1v) is 9.74. The number of carbonyl (C=O) groups excluding carboxylic acids is 1. The zero-order chi connectivity index (χ0) is 18.7. The maximum atomic E-state index is 12.3. The van der Waals surface area contributed by atoms with Crippen molar-refractivity contribution in [3.8, 4) is 0 Å². The number of hydrogen-bond donors (Lipinski definition) is 2. The lowest BCUT2D eigenvalue weighted by atomic mass is 9.54. The molecule has 2 rings (SSSR count). The van der Waals surface area contributed by atoms with E-state index in [4.69, 9.17) is 16.3 Å². The molecule has 1 aromatic rings. The minimum absolute atomic E-state index is 0.173. The van der Waals surface area contributed by atoms with E-state index in [-0.39, 0.29) is 24.2 Å². The molecule has 0 spiro atoms. The van der Waals surface area contributed by atoms with Crippen LogP contribution in [0.1, 0.15) is 32.8 Å². The van der Waals surface area contributed by atoms with Gasteiger partial charge in [-0.05, 0) is 24.6 Å². The second-order valence-electron chi connectivity index (χ2n) is 6.75. The van der Waals surface area contributed by atoms with Gasteiger partial charge in [0.05, 0.1) is 11.9 Å². The Kier molecular flexibility index (Phi) is 6.40. The Morgan fingerprint density at radius 2 is 2.16 bits per heavy atom. The fourth-order valence-corrected chi connectivity index (χ4v) is 4.19. The molecule has 0 aromatic heterocycles. The number of carbonyl (C=O) groups is 2. The molecule has 2 atom stereocenters. The Hall–Kier alpha value is -1.24. The highest BCUT2D eigenvalue weighted by molar-refractivity contribution is 7.99. The van der Waals surface area contributed by atoms with Gasteiger partial charge >= 0.3 is 5.97 Å². The molecule has 138 valence electrons. The Morgan fingerprint density at radius 1 is 1.44 bits per heavy atom. The van der Waals surface area contributed by atoms with Gasteiger partial charge in [-0.2, -0.15) is 0 Å². The van der Waals surface area contributed by atoms with Crippen LogP contribution in [0, 0.1) is 5.41 Å². The molecule has 2 unspecified atom stereocenters. The van der Waals surface area contributed by atoms with Crippen LogP contribution in [-0.4, -0.2) is 41.0 Å². The van der Waals surface area contributed by atoms with Crippen LogP contribution < -0.4 is 5.32 Å². The van der Waals surface area contributed by atoms with Gasteiger partial charge in [0.25, 0.3) is 0 Å². The largest absolute Gasteiger partial charge is 0.479 e. The molecule has 7 heteroatoms. The first kappa shape index (κ1) is 20.1. The summed E-state index contributed by atoms with van der Waals surface area (Å²) < 4.78 is 5.60. The summed E-state index contributed by atoms with van der Waals surface area (Å²) in [5.41, 5.74) is -0.915. The van der Waals surface area contributed by atoms with E-state index in [1.54, 1.807) is 6.07 Å². The summed E-state index contributed by atoms with van der Waals surface area (Å²) in [6, 6.07) is 7.46. The lowest BCUT2D eigenvalue weighted by molar-refractivity contribution is -0.194. The van der Waals surface area contributed by atoms with Gasteiger partial charge in [-0.1, -0.05) is 37.6 Å². The quantitative estimate of drug-likeness (QED) is 0.717. The number of amides is 1. The van der Waals surface area contributed by atoms with Gasteiger partial charge in [0.2, 0.25) is 5.91 Å². The fraction of sp³-hybridized carbons (Fsp3) is 0.556. The van der Waals surface area contributed by atoms with E-state index in [1.165, 1.54) is 11.8 Å². The minimum Gasteiger partial charge on any atom is -0.479 e. The molecule has 0 heterocycles. The van der Waals surface area contributed by atoms with E-state index in [1.807, 2.05) is 39.0 Å². The maximum Gasteiger partial charge on any atom is 0.330 e. The van der Waals surface area contributed by atoms with Gasteiger partial charge < -0.3 is 15.2 Å². The summed E-state index contributed by atoms with van der Waals surface area (Å²) >= 11 is 7.37. The number of rotatable bonds is 8. The van der Waals surface area contributed by atoms with Crippen LogP contribution in [0.2, 0.25) is 5.02 Å². The summed E-state index contributed by atoms with van der Waals surface area (Å²) in [7, 11) is 0. The predicted octanol–water partition coefficient (Wildman–Crippen LogP) is 3.35. The monoisotopic (exact) mass is 385 g/mol. The number of nitrogens with one attached hydrogen (secondary N) is 1. The smallest absolute Gasteiger partial charge is 0.330 e. The number of ether oxygens (including phenoxy) is 1. The first-order valence-electron chi connectivity index (χ1n) is 8.21. The molecule has 1 amide bonds. The molecular formula is C18H24ClNO4S. The van der Waals surface area contributed by atoms with Gasteiger partial charge in [0.1, 0.15) is 5.54 Å². The van der Waals surface area contributed by atoms with Crippen LogP contribution in [0.5, 0.6) is 0 Å². The van der Waals surface area contributed by atoms with Crippen molar-refractivity contribution in [1.29, 1.82) is 0 Å². The number of benzene rings is 1. The third-order valence-corrected chi connectivity index (χ3v) is 6.11. The highest BCUT2D eigenvalue weighted by atomic mass is 35.5. The highest BCUT2D eigenvalue weighted by Crippen LogP contribution is 2.51. The van der Waals surface area contributed by atoms with Gasteiger partial charge in [-0.25, -0.2) is 4.79 Å². The molecule has 0 aliphatic heterocycles. The van der Waals surface area contributed by atoms with E-state index in [0.717, 1.165) is 5.56 Å². The topological polar surface area (TPSA) is 75.6 Å². The van der Waals surface area contributed by atoms with Gasteiger partial charge in [0, 0.05) is 29.2 Å². The molecule has 1 aliphatic carbocycles. The molecular weight excluding hydrogens is 362 g/mol. The molecule has 5 nitrogen and oxygen atoms in total. The molecule has 0 bridgehead atoms. The molecule has 1 fully saturated rings. The van der Waals surface area contributed by atoms with Crippen LogP contribution in [0.4, 0.5) is 0 Å². The number of thioether (sulfide) groups is 1. The molecule has 0 radical (unpaired) electrons. The Labute approximate surface area is 157 Å². The molecule has 1 aromatic carbocycles. The predicted molar refractivity (Wildman–Crippen MR) is 99.9 cm³/mol. The number of halogens is 1. The Morgan fingerprint density at radius 3 is 2.72 bits per heavy atom. The summed E-state index contributed by atoms with van der Waals surface area (Å²) in [6.07, 6.45) is 0.112. The van der Waals surface area contributed by atoms with Gasteiger partial charge in [-0.3, -0.25) is 4.79 Å². The number of carboxylic acids is 1. The Balaban J connectivity index is 1.92. The van der Waals surface area contributed by atoms with Crippen molar-refractivity contribution in [2.75, 3.05) is 12.4 Å². The number of carboxylic acid groups (broad SMARTS) is 1. The molecule has 1 saturated carbocycles. The van der Waals surface area contributed by atoms with E-state index < -0.39 is 16.9 Å². The van der Waals surface area contributed by atoms with Crippen molar-refractivity contribution in [2.45, 2.75) is 44.6 Å². The van der Waals surface area contributed by atoms with E-state index in [2.05, 4.69) is 5.32 Å². The third-order valence-electron chi connectivity index (χ3n) is 4.87. The average molecular weight is 386 g/mol. The van der Waals surface area contributed by atoms with E-state index in [0.29, 0.717) is 17.4 Å². The van der Waals surface area contributed by atoms with Crippen molar-refractivity contribution in [1.82, 2.24) is 5.32 Å². The first-order chi connectivity index (χ1) is 11.7. The zero-order valence-corrected chi connectivity index (χ0v) is 16.2. The maximum absolute atomic E-state index is 12.3. The second kappa shape index (κ2) is 7.98. The normalized spacial score (nSPS) is 24.4. The van der Waals surface area contributed by atoms with E-state index >= 15 is 0 Å². The van der Waals surface area contributed by atoms with Crippen LogP contribution in [0.25, 0.3) is 0 Å². The summed E-state index contributed by atoms with van der Waals surface area (Å²) in [6.45, 7) is 6.05. The average Bonchev–Trinajstić information content (AvgIpc) is 2.53. The summed E-state index contributed by atoms with van der Waals surface area (Å²) in [5.74, 6) is -0.463. The van der Waals surface area contributed by atoms with Crippen molar-refractivity contribution in [2.24, 2.45) is 5.41 Å². The fourth-order valence-electron chi connectivity index (χ4n) is 3.20. The number of hydrogen-bond acceptors (Lipinski definition) is 4. The molecule has 25 heavy (non-hydrogen) atoms. The highest BCUT2D eigenvalue weighted by Gasteiger charge is 2.66. The van der Waals surface area contributed by atoms with Crippen LogP contribution in [0.15, 0.2) is 24.3 Å². The lowest BCUT2D eigenvalue weighted by Gasteiger charge is -2.58. The van der Waals surface area contributed by atoms with Crippen LogP contribution in [-0.2, 0) is 20.1 Å². The minimum atomic E-state index is -1.28. The summed E-state index contributed by atoms with van der Waals surface area (Å²) in [5, 5.41) is 13.1. The molecule has 1 aliphatic rings. The van der Waals surface area contributed by atoms with Crippen molar-refractivity contribution in [3.05, 3.63) is 34.9 Å². The third kappa shape index (κ3) is 4.13. The van der Waals surface area contributed by atoms with Crippen molar-refractivity contribution < 1.29 is 19.4 Å². The second-order valence-corrected chi connectivity index (χ2v) is 8.17. The zero-order valence-electron chi connectivity index (χ0n) is 14.7. The van der Waals surface area contributed by atoms with E-state index in [9.17, 15) is 14.7 Å². The van der Waals surface area contributed by atoms with Crippen LogP contribution >= 0.6 is 23.4 Å². The van der Waals surface area contributed by atoms with Crippen molar-refractivity contribution in [3.63, 3.8) is 0 Å². The number of aliphatic carboxylic acids is 1. The molecule has 2 N–H and O–H groups in total. The summed E-state index contributed by atoms with van der Waals surface area (Å²) in [4.78, 5) is 24.1. The Bertz CT molecular complexity index is 652. The van der Waals surface area contributed by atoms with Gasteiger partial charge in [-0.15, -0.1) is 11.8 Å². The van der Waals surface area contributed by atoms with Crippen molar-refractivity contribution >= 4 is 35.2 Å². The lowest BCUT2D eigenvalue weighted by Crippen LogP contribution is -2.76. The SMILES string of the molecule is CCOC1CC(NC(=O)CSCc2cccc(Cl)c2)(C(=O)O)C1(C)C.